The van der Waals surface area contributed by atoms with Gasteiger partial charge < -0.3 is 20.9 Å². The molecule has 2 aromatic rings. The predicted molar refractivity (Wildman–Crippen MR) is 87.1 cm³/mol. The van der Waals surface area contributed by atoms with Gasteiger partial charge in [0.15, 0.2) is 11.5 Å². The van der Waals surface area contributed by atoms with Crippen LogP contribution in [0.15, 0.2) is 52.7 Å². The summed E-state index contributed by atoms with van der Waals surface area (Å²) in [5, 5.41) is 7.23. The quantitative estimate of drug-likeness (QED) is 0.484. The molecule has 0 amide bonds. The summed E-state index contributed by atoms with van der Waals surface area (Å²) < 4.78 is 24.5. The van der Waals surface area contributed by atoms with Crippen LogP contribution in [-0.2, 0) is 6.61 Å². The van der Waals surface area contributed by atoms with E-state index in [1.807, 2.05) is 0 Å². The third-order valence-electron chi connectivity index (χ3n) is 2.91. The van der Waals surface area contributed by atoms with Gasteiger partial charge in [-0.05, 0) is 29.8 Å². The van der Waals surface area contributed by atoms with Crippen molar-refractivity contribution in [2.45, 2.75) is 6.61 Å². The summed E-state index contributed by atoms with van der Waals surface area (Å²) in [6, 6.07) is 11.6. The average molecular weight is 316 g/mol. The molecule has 7 heteroatoms. The smallest absolute Gasteiger partial charge is 0.211 e. The van der Waals surface area contributed by atoms with Gasteiger partial charge >= 0.3 is 0 Å². The van der Waals surface area contributed by atoms with Crippen molar-refractivity contribution in [3.05, 3.63) is 59.4 Å². The first-order chi connectivity index (χ1) is 11.1. The molecule has 0 saturated carbocycles. The van der Waals surface area contributed by atoms with Crippen molar-refractivity contribution >= 4 is 12.2 Å². The molecule has 0 aliphatic carbocycles. The first-order valence-corrected chi connectivity index (χ1v) is 6.76. The van der Waals surface area contributed by atoms with E-state index in [9.17, 15) is 4.39 Å². The Bertz CT molecular complexity index is 728. The maximum atomic E-state index is 13.6. The lowest BCUT2D eigenvalue weighted by molar-refractivity contribution is 0.279. The number of hydrogen-bond acceptors (Lipinski definition) is 4. The average Bonchev–Trinajstić information content (AvgIpc) is 2.54. The van der Waals surface area contributed by atoms with Crippen molar-refractivity contribution in [2.75, 3.05) is 7.11 Å². The molecular weight excluding hydrogens is 299 g/mol. The second-order valence-corrected chi connectivity index (χ2v) is 4.56. The van der Waals surface area contributed by atoms with Crippen LogP contribution >= 0.6 is 0 Å². The Morgan fingerprint density at radius 2 is 1.96 bits per heavy atom. The van der Waals surface area contributed by atoms with E-state index in [0.29, 0.717) is 17.1 Å². The van der Waals surface area contributed by atoms with Gasteiger partial charge in [0, 0.05) is 5.56 Å². The fourth-order valence-corrected chi connectivity index (χ4v) is 1.82. The van der Waals surface area contributed by atoms with Gasteiger partial charge in [0.25, 0.3) is 0 Å². The monoisotopic (exact) mass is 316 g/mol. The fraction of sp³-hybridized carbons (Fsp3) is 0.125. The number of nitrogens with two attached hydrogens (primary N) is 2. The van der Waals surface area contributed by atoms with Gasteiger partial charge in [0.1, 0.15) is 12.4 Å². The summed E-state index contributed by atoms with van der Waals surface area (Å²) in [5.74, 6) is 0.551. The Morgan fingerprint density at radius 3 is 2.65 bits per heavy atom. The third-order valence-corrected chi connectivity index (χ3v) is 2.91. The van der Waals surface area contributed by atoms with Crippen molar-refractivity contribution in [3.63, 3.8) is 0 Å². The molecule has 120 valence electrons. The summed E-state index contributed by atoms with van der Waals surface area (Å²) >= 11 is 0. The van der Waals surface area contributed by atoms with E-state index in [4.69, 9.17) is 20.9 Å². The number of methoxy groups -OCH3 is 1. The Kier molecular flexibility index (Phi) is 5.51. The molecule has 23 heavy (non-hydrogen) atoms. The second kappa shape index (κ2) is 7.79. The van der Waals surface area contributed by atoms with Crippen LogP contribution in [0.2, 0.25) is 0 Å². The Balaban J connectivity index is 2.12. The molecule has 2 rings (SSSR count). The number of benzene rings is 2. The van der Waals surface area contributed by atoms with E-state index in [0.717, 1.165) is 5.56 Å². The van der Waals surface area contributed by atoms with Gasteiger partial charge in [-0.25, -0.2) is 4.39 Å². The minimum Gasteiger partial charge on any atom is -0.493 e. The van der Waals surface area contributed by atoms with Crippen LogP contribution < -0.4 is 20.9 Å². The number of ether oxygens (including phenoxy) is 2. The first-order valence-electron chi connectivity index (χ1n) is 6.76. The maximum Gasteiger partial charge on any atom is 0.211 e. The lowest BCUT2D eigenvalue weighted by atomic mass is 10.2. The molecule has 2 aromatic carbocycles. The van der Waals surface area contributed by atoms with Gasteiger partial charge in [-0.3, -0.25) is 0 Å². The van der Waals surface area contributed by atoms with E-state index < -0.39 is 0 Å². The zero-order valence-corrected chi connectivity index (χ0v) is 12.6. The van der Waals surface area contributed by atoms with Gasteiger partial charge in [-0.15, -0.1) is 5.10 Å². The molecule has 0 bridgehead atoms. The normalized spacial score (nSPS) is 10.5. The number of halogens is 1. The summed E-state index contributed by atoms with van der Waals surface area (Å²) in [7, 11) is 1.52. The molecule has 0 unspecified atom stereocenters. The molecule has 6 nitrogen and oxygen atoms in total. The van der Waals surface area contributed by atoms with Crippen molar-refractivity contribution in [3.8, 4) is 11.5 Å². The number of guanidine groups is 1. The number of hydrogen-bond donors (Lipinski definition) is 2. The number of nitrogens with zero attached hydrogens (tertiary/aromatic N) is 2. The largest absolute Gasteiger partial charge is 0.493 e. The standard InChI is InChI=1S/C16H17FN4O2/c1-22-15-8-11(9-20-21-16(18)19)6-7-14(15)23-10-12-4-2-3-5-13(12)17/h2-9H,10H2,1H3,(H4,18,19,21). The number of rotatable bonds is 6. The predicted octanol–water partition coefficient (Wildman–Crippen LogP) is 2.02. The summed E-state index contributed by atoms with van der Waals surface area (Å²) in [4.78, 5) is 0. The lowest BCUT2D eigenvalue weighted by Crippen LogP contribution is -2.21. The molecule has 0 aliphatic heterocycles. The highest BCUT2D eigenvalue weighted by molar-refractivity contribution is 5.82. The molecule has 0 aromatic heterocycles. The zero-order chi connectivity index (χ0) is 16.7. The highest BCUT2D eigenvalue weighted by Crippen LogP contribution is 2.28. The van der Waals surface area contributed by atoms with Crippen molar-refractivity contribution in [1.29, 1.82) is 0 Å². The van der Waals surface area contributed by atoms with Gasteiger partial charge in [-0.2, -0.15) is 5.10 Å². The minimum absolute atomic E-state index is 0.102. The van der Waals surface area contributed by atoms with Crippen LogP contribution in [0.5, 0.6) is 11.5 Å². The van der Waals surface area contributed by atoms with Crippen LogP contribution in [0.3, 0.4) is 0 Å². The molecule has 0 aliphatic rings. The highest BCUT2D eigenvalue weighted by atomic mass is 19.1. The Labute approximate surface area is 133 Å². The van der Waals surface area contributed by atoms with Crippen molar-refractivity contribution < 1.29 is 13.9 Å². The molecule has 0 saturated heterocycles. The minimum atomic E-state index is -0.313. The van der Waals surface area contributed by atoms with Crippen molar-refractivity contribution in [1.82, 2.24) is 0 Å². The SMILES string of the molecule is COc1cc(C=NN=C(N)N)ccc1OCc1ccccc1F. The van der Waals surface area contributed by atoms with Crippen LogP contribution in [0.4, 0.5) is 4.39 Å². The zero-order valence-electron chi connectivity index (χ0n) is 12.6. The molecule has 0 heterocycles. The maximum absolute atomic E-state index is 13.6. The molecule has 0 fully saturated rings. The van der Waals surface area contributed by atoms with Gasteiger partial charge in [0.2, 0.25) is 5.96 Å². The molecule has 0 spiro atoms. The van der Waals surface area contributed by atoms with Crippen LogP contribution in [0.1, 0.15) is 11.1 Å². The second-order valence-electron chi connectivity index (χ2n) is 4.56. The fourth-order valence-electron chi connectivity index (χ4n) is 1.82. The van der Waals surface area contributed by atoms with Crippen LogP contribution in [0, 0.1) is 5.82 Å². The molecule has 4 N–H and O–H groups in total. The lowest BCUT2D eigenvalue weighted by Gasteiger charge is -2.11. The van der Waals surface area contributed by atoms with E-state index >= 15 is 0 Å². The van der Waals surface area contributed by atoms with E-state index in [1.54, 1.807) is 36.4 Å². The molecular formula is C16H17FN4O2. The third kappa shape index (κ3) is 4.70. The Morgan fingerprint density at radius 1 is 1.17 bits per heavy atom. The van der Waals surface area contributed by atoms with E-state index in [1.165, 1.54) is 19.4 Å². The van der Waals surface area contributed by atoms with E-state index in [2.05, 4.69) is 10.2 Å². The highest BCUT2D eigenvalue weighted by Gasteiger charge is 2.07. The van der Waals surface area contributed by atoms with Crippen LogP contribution in [0.25, 0.3) is 0 Å². The van der Waals surface area contributed by atoms with Crippen LogP contribution in [-0.4, -0.2) is 19.3 Å². The Hall–Kier alpha value is -3.09. The topological polar surface area (TPSA) is 95.2 Å². The summed E-state index contributed by atoms with van der Waals surface area (Å²) in [5.41, 5.74) is 11.6. The first kappa shape index (κ1) is 16.3. The van der Waals surface area contributed by atoms with Crippen molar-refractivity contribution in [2.24, 2.45) is 21.7 Å². The van der Waals surface area contributed by atoms with E-state index in [-0.39, 0.29) is 18.4 Å². The molecule has 0 atom stereocenters. The summed E-state index contributed by atoms with van der Waals surface area (Å²) in [6.07, 6.45) is 1.48. The van der Waals surface area contributed by atoms with Gasteiger partial charge in [-0.1, -0.05) is 18.2 Å². The molecule has 0 radical (unpaired) electrons. The summed E-state index contributed by atoms with van der Waals surface area (Å²) in [6.45, 7) is 0.102. The van der Waals surface area contributed by atoms with Gasteiger partial charge in [0.05, 0.1) is 13.3 Å².